The summed E-state index contributed by atoms with van der Waals surface area (Å²) < 4.78 is 5.33. The van der Waals surface area contributed by atoms with Gasteiger partial charge in [-0.3, -0.25) is 0 Å². The number of aliphatic hydroxyl groups excluding tert-OH is 1. The molecule has 1 aliphatic rings. The van der Waals surface area contributed by atoms with Crippen molar-refractivity contribution in [3.8, 4) is 0 Å². The Balaban J connectivity index is 2.61. The van der Waals surface area contributed by atoms with Gasteiger partial charge in [0.05, 0.1) is 0 Å². The maximum atomic E-state index is 11.9. The first kappa shape index (κ1) is 13.0. The van der Waals surface area contributed by atoms with E-state index in [2.05, 4.69) is 0 Å². The second-order valence-corrected chi connectivity index (χ2v) is 5.01. The maximum absolute atomic E-state index is 11.9. The first-order valence-corrected chi connectivity index (χ1v) is 5.69. The molecule has 1 amide bonds. The minimum Gasteiger partial charge on any atom is -0.444 e. The first-order chi connectivity index (χ1) is 7.44. The van der Waals surface area contributed by atoms with Gasteiger partial charge in [0.2, 0.25) is 0 Å². The van der Waals surface area contributed by atoms with Gasteiger partial charge in [0.1, 0.15) is 5.60 Å². The van der Waals surface area contributed by atoms with Crippen LogP contribution in [0.1, 0.15) is 33.6 Å². The molecule has 0 radical (unpaired) electrons. The highest BCUT2D eigenvalue weighted by Crippen LogP contribution is 2.18. The summed E-state index contributed by atoms with van der Waals surface area (Å²) in [6.45, 7) is 6.22. The quantitative estimate of drug-likeness (QED) is 0.733. The van der Waals surface area contributed by atoms with Crippen molar-refractivity contribution in [2.24, 2.45) is 0 Å². The van der Waals surface area contributed by atoms with Crippen LogP contribution in [0.15, 0.2) is 12.2 Å². The van der Waals surface area contributed by atoms with Gasteiger partial charge in [-0.1, -0.05) is 12.2 Å². The van der Waals surface area contributed by atoms with E-state index in [1.165, 1.54) is 0 Å². The number of hydrogen-bond acceptors (Lipinski definition) is 3. The number of hydrogen-bond donors (Lipinski definition) is 1. The Kier molecular flexibility index (Phi) is 4.35. The highest BCUT2D eigenvalue weighted by Gasteiger charge is 2.28. The van der Waals surface area contributed by atoms with Gasteiger partial charge in [0, 0.05) is 19.2 Å². The van der Waals surface area contributed by atoms with Gasteiger partial charge in [0.25, 0.3) is 0 Å². The fraction of sp³-hybridized carbons (Fsp3) is 0.750. The number of nitrogens with zero attached hydrogens (tertiary/aromatic N) is 1. The second-order valence-electron chi connectivity index (χ2n) is 5.01. The second kappa shape index (κ2) is 5.34. The summed E-state index contributed by atoms with van der Waals surface area (Å²) >= 11 is 0. The van der Waals surface area contributed by atoms with E-state index in [1.54, 1.807) is 4.90 Å². The van der Waals surface area contributed by atoms with Crippen LogP contribution in [-0.4, -0.2) is 40.9 Å². The zero-order valence-electron chi connectivity index (χ0n) is 10.3. The molecule has 4 nitrogen and oxygen atoms in total. The van der Waals surface area contributed by atoms with Crippen LogP contribution in [-0.2, 0) is 4.74 Å². The predicted octanol–water partition coefficient (Wildman–Crippen LogP) is 1.93. The SMILES string of the molecule is CC(C)(C)OC(=O)N1CC=CC[C@H]1CCO. The number of carbonyl (C=O) groups excluding carboxylic acids is 1. The van der Waals surface area contributed by atoms with Crippen LogP contribution in [0.2, 0.25) is 0 Å². The molecule has 0 aliphatic carbocycles. The van der Waals surface area contributed by atoms with Gasteiger partial charge >= 0.3 is 6.09 Å². The standard InChI is InChI=1S/C12H21NO3/c1-12(2,3)16-11(15)13-8-5-4-6-10(13)7-9-14/h4-5,10,14H,6-9H2,1-3H3/t10-/m0/s1. The lowest BCUT2D eigenvalue weighted by molar-refractivity contribution is 0.0156. The van der Waals surface area contributed by atoms with E-state index < -0.39 is 5.60 Å². The van der Waals surface area contributed by atoms with Crippen LogP contribution in [0.4, 0.5) is 4.79 Å². The van der Waals surface area contributed by atoms with Gasteiger partial charge in [-0.15, -0.1) is 0 Å². The molecule has 16 heavy (non-hydrogen) atoms. The van der Waals surface area contributed by atoms with Crippen molar-refractivity contribution in [2.75, 3.05) is 13.2 Å². The van der Waals surface area contributed by atoms with E-state index in [1.807, 2.05) is 32.9 Å². The zero-order valence-corrected chi connectivity index (χ0v) is 10.3. The number of aliphatic hydroxyl groups is 1. The van der Waals surface area contributed by atoms with Gasteiger partial charge < -0.3 is 14.7 Å². The van der Waals surface area contributed by atoms with E-state index in [4.69, 9.17) is 9.84 Å². The predicted molar refractivity (Wildman–Crippen MR) is 62.2 cm³/mol. The molecule has 0 bridgehead atoms. The van der Waals surface area contributed by atoms with Crippen LogP contribution in [0, 0.1) is 0 Å². The number of rotatable bonds is 2. The lowest BCUT2D eigenvalue weighted by Crippen LogP contribution is -2.45. The Morgan fingerprint density at radius 3 is 2.75 bits per heavy atom. The summed E-state index contributed by atoms with van der Waals surface area (Å²) in [5.74, 6) is 0. The topological polar surface area (TPSA) is 49.8 Å². The largest absolute Gasteiger partial charge is 0.444 e. The van der Waals surface area contributed by atoms with Gasteiger partial charge in [-0.05, 0) is 33.6 Å². The molecule has 0 spiro atoms. The number of ether oxygens (including phenoxy) is 1. The molecule has 4 heteroatoms. The molecule has 0 aromatic carbocycles. The Morgan fingerprint density at radius 2 is 2.19 bits per heavy atom. The molecule has 0 saturated heterocycles. The summed E-state index contributed by atoms with van der Waals surface area (Å²) in [5.41, 5.74) is -0.470. The smallest absolute Gasteiger partial charge is 0.410 e. The molecular weight excluding hydrogens is 206 g/mol. The van der Waals surface area contributed by atoms with E-state index in [9.17, 15) is 4.79 Å². The third-order valence-corrected chi connectivity index (χ3v) is 2.41. The van der Waals surface area contributed by atoms with Crippen molar-refractivity contribution in [2.45, 2.75) is 45.3 Å². The van der Waals surface area contributed by atoms with Crippen molar-refractivity contribution in [1.82, 2.24) is 4.90 Å². The van der Waals surface area contributed by atoms with Crippen LogP contribution < -0.4 is 0 Å². The summed E-state index contributed by atoms with van der Waals surface area (Å²) in [6, 6.07) is 0.0600. The summed E-state index contributed by atoms with van der Waals surface area (Å²) in [7, 11) is 0. The summed E-state index contributed by atoms with van der Waals surface area (Å²) in [4.78, 5) is 13.6. The fourth-order valence-corrected chi connectivity index (χ4v) is 1.68. The molecule has 1 rings (SSSR count). The van der Waals surface area contributed by atoms with Gasteiger partial charge in [-0.25, -0.2) is 4.79 Å². The third-order valence-electron chi connectivity index (χ3n) is 2.41. The molecule has 0 saturated carbocycles. The molecule has 1 atom stereocenters. The van der Waals surface area contributed by atoms with E-state index >= 15 is 0 Å². The van der Waals surface area contributed by atoms with E-state index in [0.717, 1.165) is 6.42 Å². The normalized spacial score (nSPS) is 21.0. The van der Waals surface area contributed by atoms with E-state index in [-0.39, 0.29) is 18.7 Å². The van der Waals surface area contributed by atoms with Crippen molar-refractivity contribution in [3.05, 3.63) is 12.2 Å². The molecule has 0 aromatic rings. The van der Waals surface area contributed by atoms with Crippen LogP contribution >= 0.6 is 0 Å². The Morgan fingerprint density at radius 1 is 1.50 bits per heavy atom. The Labute approximate surface area is 96.9 Å². The fourth-order valence-electron chi connectivity index (χ4n) is 1.68. The minimum absolute atomic E-state index is 0.0600. The number of carbonyl (C=O) groups is 1. The Bertz CT molecular complexity index is 268. The summed E-state index contributed by atoms with van der Waals surface area (Å²) in [6.07, 6.45) is 5.10. The maximum Gasteiger partial charge on any atom is 0.410 e. The highest BCUT2D eigenvalue weighted by atomic mass is 16.6. The van der Waals surface area contributed by atoms with Crippen LogP contribution in [0.25, 0.3) is 0 Å². The highest BCUT2D eigenvalue weighted by molar-refractivity contribution is 5.69. The molecular formula is C12H21NO3. The average Bonchev–Trinajstić information content (AvgIpc) is 2.16. The molecule has 0 unspecified atom stereocenters. The molecule has 1 heterocycles. The molecule has 1 aliphatic heterocycles. The lowest BCUT2D eigenvalue weighted by Gasteiger charge is -2.34. The van der Waals surface area contributed by atoms with Crippen molar-refractivity contribution >= 4 is 6.09 Å². The van der Waals surface area contributed by atoms with E-state index in [0.29, 0.717) is 13.0 Å². The molecule has 0 fully saturated rings. The van der Waals surface area contributed by atoms with Crippen molar-refractivity contribution < 1.29 is 14.6 Å². The molecule has 0 aromatic heterocycles. The van der Waals surface area contributed by atoms with Crippen LogP contribution in [0.3, 0.4) is 0 Å². The minimum atomic E-state index is -0.470. The first-order valence-electron chi connectivity index (χ1n) is 5.69. The van der Waals surface area contributed by atoms with Crippen molar-refractivity contribution in [1.29, 1.82) is 0 Å². The monoisotopic (exact) mass is 227 g/mol. The van der Waals surface area contributed by atoms with Crippen LogP contribution in [0.5, 0.6) is 0 Å². The Hall–Kier alpha value is -1.03. The lowest BCUT2D eigenvalue weighted by atomic mass is 10.1. The zero-order chi connectivity index (χ0) is 12.2. The van der Waals surface area contributed by atoms with Crippen molar-refractivity contribution in [3.63, 3.8) is 0 Å². The third kappa shape index (κ3) is 3.85. The summed E-state index contributed by atoms with van der Waals surface area (Å²) in [5, 5.41) is 8.95. The molecule has 92 valence electrons. The molecule has 1 N–H and O–H groups in total. The average molecular weight is 227 g/mol. The van der Waals surface area contributed by atoms with Gasteiger partial charge in [0.15, 0.2) is 0 Å². The number of amides is 1. The van der Waals surface area contributed by atoms with Gasteiger partial charge in [-0.2, -0.15) is 0 Å².